The molecule has 0 atom stereocenters. The molecule has 1 aliphatic rings. The summed E-state index contributed by atoms with van der Waals surface area (Å²) >= 11 is 0. The van der Waals surface area contributed by atoms with Crippen LogP contribution < -0.4 is 4.74 Å². The summed E-state index contributed by atoms with van der Waals surface area (Å²) in [6.07, 6.45) is 2.21. The number of hydrogen-bond acceptors (Lipinski definition) is 2. The molecule has 0 bridgehead atoms. The van der Waals surface area contributed by atoms with Gasteiger partial charge in [-0.2, -0.15) is 0 Å². The molecule has 0 spiro atoms. The topological polar surface area (TPSA) is 29.5 Å². The Morgan fingerprint density at radius 3 is 2.30 bits per heavy atom. The zero-order valence-corrected chi connectivity index (χ0v) is 13.0. The van der Waals surface area contributed by atoms with E-state index in [1.165, 1.54) is 5.56 Å². The molecule has 0 aliphatic carbocycles. The highest BCUT2D eigenvalue weighted by Crippen LogP contribution is 2.24. The van der Waals surface area contributed by atoms with Crippen molar-refractivity contribution in [2.24, 2.45) is 5.92 Å². The van der Waals surface area contributed by atoms with Gasteiger partial charge in [0.05, 0.1) is 0 Å². The summed E-state index contributed by atoms with van der Waals surface area (Å²) in [7, 11) is 0. The number of likely N-dealkylation sites (tertiary alicyclic amines) is 1. The number of carbonyl (C=O) groups excluding carboxylic acids is 1. The molecule has 2 rings (SSSR count). The average molecular weight is 275 g/mol. The zero-order valence-electron chi connectivity index (χ0n) is 13.0. The highest BCUT2D eigenvalue weighted by atomic mass is 16.5. The summed E-state index contributed by atoms with van der Waals surface area (Å²) in [5.41, 5.74) is 3.42. The van der Waals surface area contributed by atoms with Gasteiger partial charge in [0.1, 0.15) is 5.75 Å². The fraction of sp³-hybridized carbons (Fsp3) is 0.588. The molecule has 1 aromatic carbocycles. The van der Waals surface area contributed by atoms with E-state index in [0.717, 1.165) is 48.7 Å². The van der Waals surface area contributed by atoms with Crippen molar-refractivity contribution in [1.29, 1.82) is 0 Å². The predicted octanol–water partition coefficient (Wildman–Crippen LogP) is 3.25. The highest BCUT2D eigenvalue weighted by molar-refractivity contribution is 5.78. The highest BCUT2D eigenvalue weighted by Gasteiger charge is 2.20. The molecule has 0 saturated carbocycles. The Hall–Kier alpha value is -1.51. The maximum atomic E-state index is 12.2. The standard InChI is InChI=1S/C17H25NO2/c1-12-5-7-18(8-6-12)16(19)11-20-17-14(3)9-13(2)10-15(17)4/h9-10,12H,5-8,11H2,1-4H3. The Bertz CT molecular complexity index is 465. The lowest BCUT2D eigenvalue weighted by atomic mass is 9.99. The van der Waals surface area contributed by atoms with Crippen LogP contribution in [0.3, 0.4) is 0 Å². The Morgan fingerprint density at radius 1 is 1.20 bits per heavy atom. The van der Waals surface area contributed by atoms with Crippen LogP contribution in [0.5, 0.6) is 5.75 Å². The molecule has 0 N–H and O–H groups in total. The second kappa shape index (κ2) is 6.29. The van der Waals surface area contributed by atoms with Crippen molar-refractivity contribution in [2.75, 3.05) is 19.7 Å². The number of amides is 1. The van der Waals surface area contributed by atoms with Gasteiger partial charge >= 0.3 is 0 Å². The molecule has 1 aliphatic heterocycles. The van der Waals surface area contributed by atoms with Crippen LogP contribution >= 0.6 is 0 Å². The molecule has 3 nitrogen and oxygen atoms in total. The Labute approximate surface area is 121 Å². The molecule has 1 aromatic rings. The molecule has 1 fully saturated rings. The third-order valence-corrected chi connectivity index (χ3v) is 4.08. The molecule has 0 radical (unpaired) electrons. The van der Waals surface area contributed by atoms with Crippen molar-refractivity contribution in [2.45, 2.75) is 40.5 Å². The van der Waals surface area contributed by atoms with Gasteiger partial charge in [-0.3, -0.25) is 4.79 Å². The van der Waals surface area contributed by atoms with Gasteiger partial charge in [0.2, 0.25) is 0 Å². The van der Waals surface area contributed by atoms with E-state index in [1.807, 2.05) is 18.7 Å². The van der Waals surface area contributed by atoms with Crippen LogP contribution in [-0.4, -0.2) is 30.5 Å². The van der Waals surface area contributed by atoms with Gasteiger partial charge in [-0.25, -0.2) is 0 Å². The second-order valence-corrected chi connectivity index (χ2v) is 6.08. The average Bonchev–Trinajstić information content (AvgIpc) is 2.38. The van der Waals surface area contributed by atoms with Crippen molar-refractivity contribution in [3.63, 3.8) is 0 Å². The van der Waals surface area contributed by atoms with Gasteiger partial charge in [-0.05, 0) is 50.7 Å². The first-order valence-corrected chi connectivity index (χ1v) is 7.46. The number of rotatable bonds is 3. The number of hydrogen-bond donors (Lipinski definition) is 0. The van der Waals surface area contributed by atoms with E-state index in [0.29, 0.717) is 0 Å². The monoisotopic (exact) mass is 275 g/mol. The van der Waals surface area contributed by atoms with Gasteiger partial charge in [0.25, 0.3) is 5.91 Å². The Kier molecular flexibility index (Phi) is 4.69. The van der Waals surface area contributed by atoms with E-state index >= 15 is 0 Å². The van der Waals surface area contributed by atoms with Crippen LogP contribution in [0.2, 0.25) is 0 Å². The summed E-state index contributed by atoms with van der Waals surface area (Å²) in [6, 6.07) is 4.19. The number of nitrogens with zero attached hydrogens (tertiary/aromatic N) is 1. The van der Waals surface area contributed by atoms with E-state index in [2.05, 4.69) is 26.0 Å². The number of aryl methyl sites for hydroxylation is 3. The summed E-state index contributed by atoms with van der Waals surface area (Å²) in [4.78, 5) is 14.1. The first kappa shape index (κ1) is 14.9. The minimum Gasteiger partial charge on any atom is -0.483 e. The van der Waals surface area contributed by atoms with Gasteiger partial charge in [-0.1, -0.05) is 24.6 Å². The van der Waals surface area contributed by atoms with E-state index in [1.54, 1.807) is 0 Å². The van der Waals surface area contributed by atoms with Crippen LogP contribution in [0, 0.1) is 26.7 Å². The smallest absolute Gasteiger partial charge is 0.260 e. The molecule has 1 amide bonds. The van der Waals surface area contributed by atoms with Crippen molar-refractivity contribution < 1.29 is 9.53 Å². The minimum atomic E-state index is 0.108. The molecule has 3 heteroatoms. The minimum absolute atomic E-state index is 0.108. The third kappa shape index (κ3) is 3.53. The van der Waals surface area contributed by atoms with E-state index in [-0.39, 0.29) is 12.5 Å². The number of piperidine rings is 1. The molecule has 1 heterocycles. The quantitative estimate of drug-likeness (QED) is 0.847. The van der Waals surface area contributed by atoms with Crippen molar-refractivity contribution >= 4 is 5.91 Å². The van der Waals surface area contributed by atoms with Gasteiger partial charge in [0.15, 0.2) is 6.61 Å². The van der Waals surface area contributed by atoms with E-state index in [9.17, 15) is 4.79 Å². The second-order valence-electron chi connectivity index (χ2n) is 6.08. The molecule has 0 unspecified atom stereocenters. The predicted molar refractivity (Wildman–Crippen MR) is 81.1 cm³/mol. The van der Waals surface area contributed by atoms with Gasteiger partial charge < -0.3 is 9.64 Å². The lowest BCUT2D eigenvalue weighted by molar-refractivity contribution is -0.134. The lowest BCUT2D eigenvalue weighted by Gasteiger charge is -2.30. The van der Waals surface area contributed by atoms with Gasteiger partial charge in [-0.15, -0.1) is 0 Å². The summed E-state index contributed by atoms with van der Waals surface area (Å²) < 4.78 is 5.77. The maximum Gasteiger partial charge on any atom is 0.260 e. The van der Waals surface area contributed by atoms with E-state index < -0.39 is 0 Å². The third-order valence-electron chi connectivity index (χ3n) is 4.08. The van der Waals surface area contributed by atoms with Crippen molar-refractivity contribution in [3.05, 3.63) is 28.8 Å². The molecule has 20 heavy (non-hydrogen) atoms. The van der Waals surface area contributed by atoms with Crippen LogP contribution in [0.4, 0.5) is 0 Å². The molecular formula is C17H25NO2. The normalized spacial score (nSPS) is 16.3. The van der Waals surface area contributed by atoms with Crippen LogP contribution in [-0.2, 0) is 4.79 Å². The van der Waals surface area contributed by atoms with Crippen LogP contribution in [0.25, 0.3) is 0 Å². The molecule has 110 valence electrons. The Morgan fingerprint density at radius 2 is 1.75 bits per heavy atom. The van der Waals surface area contributed by atoms with E-state index in [4.69, 9.17) is 4.74 Å². The Balaban J connectivity index is 1.94. The molecule has 0 aromatic heterocycles. The van der Waals surface area contributed by atoms with Gasteiger partial charge in [0, 0.05) is 13.1 Å². The number of ether oxygens (including phenoxy) is 1. The maximum absolute atomic E-state index is 12.2. The first-order valence-electron chi connectivity index (χ1n) is 7.46. The van der Waals surface area contributed by atoms with Crippen molar-refractivity contribution in [3.8, 4) is 5.75 Å². The largest absolute Gasteiger partial charge is 0.483 e. The zero-order chi connectivity index (χ0) is 14.7. The summed E-state index contributed by atoms with van der Waals surface area (Å²) in [6.45, 7) is 10.3. The number of benzene rings is 1. The van der Waals surface area contributed by atoms with Crippen molar-refractivity contribution in [1.82, 2.24) is 4.90 Å². The first-order chi connectivity index (χ1) is 9.47. The molecule has 1 saturated heterocycles. The fourth-order valence-corrected chi connectivity index (χ4v) is 2.88. The fourth-order valence-electron chi connectivity index (χ4n) is 2.88. The summed E-state index contributed by atoms with van der Waals surface area (Å²) in [5, 5.41) is 0. The molecular weight excluding hydrogens is 250 g/mol. The van der Waals surface area contributed by atoms with Crippen LogP contribution in [0.1, 0.15) is 36.5 Å². The van der Waals surface area contributed by atoms with Crippen LogP contribution in [0.15, 0.2) is 12.1 Å². The summed E-state index contributed by atoms with van der Waals surface area (Å²) in [5.74, 6) is 1.70. The number of carbonyl (C=O) groups is 1. The SMILES string of the molecule is Cc1cc(C)c(OCC(=O)N2CCC(C)CC2)c(C)c1. The lowest BCUT2D eigenvalue weighted by Crippen LogP contribution is -2.40.